The van der Waals surface area contributed by atoms with Crippen molar-refractivity contribution in [3.8, 4) is 6.07 Å². The number of nitrogens with two attached hydrogens (primary N) is 1. The van der Waals surface area contributed by atoms with E-state index in [0.29, 0.717) is 5.76 Å². The van der Waals surface area contributed by atoms with Crippen molar-refractivity contribution < 1.29 is 23.0 Å². The smallest absolute Gasteiger partial charge is 0.338 e. The van der Waals surface area contributed by atoms with Crippen molar-refractivity contribution >= 4 is 11.7 Å². The van der Waals surface area contributed by atoms with Gasteiger partial charge in [0.15, 0.2) is 0 Å². The molecular weight excluding hydrogens is 538 g/mol. The quantitative estimate of drug-likeness (QED) is 0.374. The van der Waals surface area contributed by atoms with E-state index in [1.165, 1.54) is 24.3 Å². The molecule has 0 amide bonds. The maximum absolute atomic E-state index is 13.7. The largest absolute Gasteiger partial charge is 0.463 e. The van der Waals surface area contributed by atoms with Gasteiger partial charge in [-0.05, 0) is 66.9 Å². The highest BCUT2D eigenvalue weighted by atomic mass is 19.1. The molecule has 5 rings (SSSR count). The predicted molar refractivity (Wildman–Crippen MR) is 155 cm³/mol. The summed E-state index contributed by atoms with van der Waals surface area (Å²) < 4.78 is 38.1. The maximum atomic E-state index is 13.7. The van der Waals surface area contributed by atoms with Gasteiger partial charge in [0, 0.05) is 31.9 Å². The number of nitrogens with zero attached hydrogens (tertiary/aromatic N) is 3. The molecule has 1 saturated heterocycles. The van der Waals surface area contributed by atoms with Gasteiger partial charge in [-0.15, -0.1) is 0 Å². The second-order valence-corrected chi connectivity index (χ2v) is 10.2. The first kappa shape index (κ1) is 28.8. The second kappa shape index (κ2) is 12.5. The first-order chi connectivity index (χ1) is 20.3. The third-order valence-corrected chi connectivity index (χ3v) is 7.74. The molecule has 2 aliphatic heterocycles. The predicted octanol–water partition coefficient (Wildman–Crippen LogP) is 5.52. The van der Waals surface area contributed by atoms with Gasteiger partial charge in [0.05, 0.1) is 24.1 Å². The molecule has 42 heavy (non-hydrogen) atoms. The number of nitriles is 1. The molecule has 2 heterocycles. The molecule has 7 nitrogen and oxygen atoms in total. The number of halogens is 2. The van der Waals surface area contributed by atoms with Gasteiger partial charge < -0.3 is 20.1 Å². The van der Waals surface area contributed by atoms with Crippen molar-refractivity contribution in [3.05, 3.63) is 124 Å². The van der Waals surface area contributed by atoms with Gasteiger partial charge in [-0.25, -0.2) is 13.6 Å². The van der Waals surface area contributed by atoms with Crippen LogP contribution in [0.5, 0.6) is 0 Å². The number of hydrogen-bond acceptors (Lipinski definition) is 7. The molecule has 0 aromatic heterocycles. The number of rotatable bonds is 7. The highest BCUT2D eigenvalue weighted by Gasteiger charge is 2.36. The molecule has 9 heteroatoms. The van der Waals surface area contributed by atoms with Crippen LogP contribution in [0.1, 0.15) is 42.5 Å². The lowest BCUT2D eigenvalue weighted by atomic mass is 9.83. The monoisotopic (exact) mass is 570 g/mol. The zero-order valence-corrected chi connectivity index (χ0v) is 23.5. The average Bonchev–Trinajstić information content (AvgIpc) is 2.99. The van der Waals surface area contributed by atoms with Gasteiger partial charge in [0.1, 0.15) is 29.0 Å². The van der Waals surface area contributed by atoms with Crippen LogP contribution >= 0.6 is 0 Å². The third-order valence-electron chi connectivity index (χ3n) is 7.74. The number of piperazine rings is 1. The number of anilines is 1. The van der Waals surface area contributed by atoms with Gasteiger partial charge in [0.25, 0.3) is 0 Å². The Morgan fingerprint density at radius 3 is 2.02 bits per heavy atom. The Hall–Kier alpha value is -4.68. The summed E-state index contributed by atoms with van der Waals surface area (Å²) in [4.78, 5) is 17.4. The lowest BCUT2D eigenvalue weighted by Gasteiger charge is -2.40. The normalized spacial score (nSPS) is 17.7. The van der Waals surface area contributed by atoms with E-state index in [1.807, 2.05) is 24.3 Å². The molecule has 1 unspecified atom stereocenters. The Bertz CT molecular complexity index is 1490. The number of esters is 1. The first-order valence-corrected chi connectivity index (χ1v) is 13.9. The molecule has 0 radical (unpaired) electrons. The first-order valence-electron chi connectivity index (χ1n) is 13.9. The molecule has 3 aromatic rings. The van der Waals surface area contributed by atoms with Crippen molar-refractivity contribution in [2.24, 2.45) is 5.73 Å². The van der Waals surface area contributed by atoms with Crippen LogP contribution in [-0.2, 0) is 14.3 Å². The van der Waals surface area contributed by atoms with E-state index in [2.05, 4.69) is 15.9 Å². The van der Waals surface area contributed by atoms with E-state index in [-0.39, 0.29) is 41.3 Å². The summed E-state index contributed by atoms with van der Waals surface area (Å²) in [5, 5.41) is 9.84. The standard InChI is InChI=1S/C33H32F2N4O3/c1-3-41-33(40)29-21(2)42-32(37)28(20-36)30(29)22-8-14-27(15-9-22)38-16-18-39(19-17-38)31(23-4-10-25(34)11-5-23)24-6-12-26(35)13-7-24/h4-15,30-31H,3,16-19,37H2,1-2H3. The molecular formula is C33H32F2N4O3. The minimum atomic E-state index is -0.694. The van der Waals surface area contributed by atoms with Crippen molar-refractivity contribution in [1.82, 2.24) is 4.90 Å². The van der Waals surface area contributed by atoms with Crippen LogP contribution in [0.3, 0.4) is 0 Å². The summed E-state index contributed by atoms with van der Waals surface area (Å²) in [7, 11) is 0. The Morgan fingerprint density at radius 1 is 0.976 bits per heavy atom. The molecule has 0 saturated carbocycles. The molecule has 2 N–H and O–H groups in total. The molecule has 1 fully saturated rings. The lowest BCUT2D eigenvalue weighted by Crippen LogP contribution is -2.48. The Morgan fingerprint density at radius 2 is 1.52 bits per heavy atom. The summed E-state index contributed by atoms with van der Waals surface area (Å²) in [6, 6.07) is 22.6. The molecule has 216 valence electrons. The van der Waals surface area contributed by atoms with E-state index < -0.39 is 11.9 Å². The van der Waals surface area contributed by atoms with Crippen LogP contribution < -0.4 is 10.6 Å². The van der Waals surface area contributed by atoms with Crippen molar-refractivity contribution in [1.29, 1.82) is 5.26 Å². The fourth-order valence-electron chi connectivity index (χ4n) is 5.71. The summed E-state index contributed by atoms with van der Waals surface area (Å²) in [5.74, 6) is -1.55. The van der Waals surface area contributed by atoms with Gasteiger partial charge in [-0.3, -0.25) is 4.90 Å². The topological polar surface area (TPSA) is 91.8 Å². The fraction of sp³-hybridized carbons (Fsp3) is 0.273. The van der Waals surface area contributed by atoms with Crippen LogP contribution in [-0.4, -0.2) is 43.7 Å². The summed E-state index contributed by atoms with van der Waals surface area (Å²) in [6.07, 6.45) is 0. The van der Waals surface area contributed by atoms with Gasteiger partial charge in [0.2, 0.25) is 5.88 Å². The number of benzene rings is 3. The van der Waals surface area contributed by atoms with Gasteiger partial charge in [-0.1, -0.05) is 36.4 Å². The van der Waals surface area contributed by atoms with E-state index in [0.717, 1.165) is 48.6 Å². The highest BCUT2D eigenvalue weighted by molar-refractivity contribution is 5.92. The van der Waals surface area contributed by atoms with Gasteiger partial charge >= 0.3 is 5.97 Å². The van der Waals surface area contributed by atoms with Crippen molar-refractivity contribution in [2.75, 3.05) is 37.7 Å². The summed E-state index contributed by atoms with van der Waals surface area (Å²) >= 11 is 0. The number of ether oxygens (including phenoxy) is 2. The van der Waals surface area contributed by atoms with Crippen LogP contribution in [0.2, 0.25) is 0 Å². The number of hydrogen-bond donors (Lipinski definition) is 1. The SMILES string of the molecule is CCOC(=O)C1=C(C)OC(N)=C(C#N)C1c1ccc(N2CCN(C(c3ccc(F)cc3)c3ccc(F)cc3)CC2)cc1. The number of allylic oxidation sites excluding steroid dienone is 2. The minimum Gasteiger partial charge on any atom is -0.463 e. The molecule has 0 bridgehead atoms. The zero-order chi connectivity index (χ0) is 29.8. The second-order valence-electron chi connectivity index (χ2n) is 10.2. The molecule has 2 aliphatic rings. The maximum Gasteiger partial charge on any atom is 0.338 e. The molecule has 1 atom stereocenters. The van der Waals surface area contributed by atoms with E-state index in [9.17, 15) is 18.8 Å². The Kier molecular flexibility index (Phi) is 8.55. The fourth-order valence-corrected chi connectivity index (χ4v) is 5.71. The minimum absolute atomic E-state index is 0.0230. The Balaban J connectivity index is 1.35. The zero-order valence-electron chi connectivity index (χ0n) is 23.5. The summed E-state index contributed by atoms with van der Waals surface area (Å²) in [6.45, 7) is 6.48. The summed E-state index contributed by atoms with van der Waals surface area (Å²) in [5.41, 5.74) is 10.1. The van der Waals surface area contributed by atoms with Crippen molar-refractivity contribution in [2.45, 2.75) is 25.8 Å². The highest BCUT2D eigenvalue weighted by Crippen LogP contribution is 2.40. The van der Waals surface area contributed by atoms with Crippen LogP contribution in [0.25, 0.3) is 0 Å². The Labute approximate surface area is 244 Å². The van der Waals surface area contributed by atoms with Crippen LogP contribution in [0, 0.1) is 23.0 Å². The molecule has 0 spiro atoms. The van der Waals surface area contributed by atoms with Crippen molar-refractivity contribution in [3.63, 3.8) is 0 Å². The van der Waals surface area contributed by atoms with Crippen LogP contribution in [0.4, 0.5) is 14.5 Å². The van der Waals surface area contributed by atoms with E-state index >= 15 is 0 Å². The molecule has 0 aliphatic carbocycles. The number of carbonyl (C=O) groups excluding carboxylic acids is 1. The third kappa shape index (κ3) is 5.85. The van der Waals surface area contributed by atoms with Crippen LogP contribution in [0.15, 0.2) is 95.6 Å². The average molecular weight is 571 g/mol. The van der Waals surface area contributed by atoms with Gasteiger partial charge in [-0.2, -0.15) is 5.26 Å². The van der Waals surface area contributed by atoms with E-state index in [1.54, 1.807) is 38.1 Å². The van der Waals surface area contributed by atoms with E-state index in [4.69, 9.17) is 15.2 Å². The lowest BCUT2D eigenvalue weighted by molar-refractivity contribution is -0.139. The number of carbonyl (C=O) groups is 1. The molecule has 3 aromatic carbocycles.